The number of hydrogen-bond donors (Lipinski definition) is 1. The number of benzene rings is 1. The summed E-state index contributed by atoms with van der Waals surface area (Å²) in [6.45, 7) is 0. The minimum atomic E-state index is 0.335. The molecule has 0 saturated carbocycles. The third-order valence-electron chi connectivity index (χ3n) is 2.94. The Morgan fingerprint density at radius 1 is 1.05 bits per heavy atom. The van der Waals surface area contributed by atoms with E-state index in [4.69, 9.17) is 15.0 Å². The highest BCUT2D eigenvalue weighted by Crippen LogP contribution is 2.36. The molecule has 1 aromatic carbocycles. The minimum Gasteiger partial charge on any atom is -0.497 e. The summed E-state index contributed by atoms with van der Waals surface area (Å²) in [5, 5.41) is 11.4. The Balaban J connectivity index is 2.11. The molecule has 0 aliphatic heterocycles. The highest BCUT2D eigenvalue weighted by Gasteiger charge is 2.17. The van der Waals surface area contributed by atoms with E-state index in [2.05, 4.69) is 15.4 Å². The van der Waals surface area contributed by atoms with E-state index in [-0.39, 0.29) is 0 Å². The summed E-state index contributed by atoms with van der Waals surface area (Å²) in [4.78, 5) is 0. The van der Waals surface area contributed by atoms with E-state index >= 15 is 0 Å². The van der Waals surface area contributed by atoms with Gasteiger partial charge in [0.15, 0.2) is 11.6 Å². The maximum atomic E-state index is 5.91. The van der Waals surface area contributed by atoms with Crippen LogP contribution in [0.2, 0.25) is 0 Å². The van der Waals surface area contributed by atoms with Crippen molar-refractivity contribution in [2.24, 2.45) is 0 Å². The van der Waals surface area contributed by atoms with Crippen LogP contribution < -0.4 is 10.5 Å². The zero-order chi connectivity index (χ0) is 13.9. The molecule has 100 valence electrons. The molecule has 6 heteroatoms. The van der Waals surface area contributed by atoms with Gasteiger partial charge in [0.2, 0.25) is 0 Å². The number of aromatic nitrogens is 3. The van der Waals surface area contributed by atoms with E-state index in [1.54, 1.807) is 25.6 Å². The highest BCUT2D eigenvalue weighted by molar-refractivity contribution is 5.86. The summed E-state index contributed by atoms with van der Waals surface area (Å²) in [6.07, 6.45) is 3.19. The number of nitrogen functional groups attached to an aromatic ring is 1. The van der Waals surface area contributed by atoms with Gasteiger partial charge in [0, 0.05) is 5.56 Å². The van der Waals surface area contributed by atoms with E-state index in [1.807, 2.05) is 24.3 Å². The molecule has 2 heterocycles. The molecule has 3 aromatic rings. The Kier molecular flexibility index (Phi) is 3.04. The molecule has 0 saturated heterocycles. The lowest BCUT2D eigenvalue weighted by Crippen LogP contribution is -1.90. The molecule has 0 aliphatic carbocycles. The molecule has 0 unspecified atom stereocenters. The van der Waals surface area contributed by atoms with Crippen LogP contribution in [0.5, 0.6) is 5.75 Å². The lowest BCUT2D eigenvalue weighted by atomic mass is 10.0. The van der Waals surface area contributed by atoms with Crippen molar-refractivity contribution in [3.05, 3.63) is 42.7 Å². The van der Waals surface area contributed by atoms with E-state index in [0.717, 1.165) is 22.4 Å². The van der Waals surface area contributed by atoms with Gasteiger partial charge in [-0.05, 0) is 23.8 Å². The average Bonchev–Trinajstić information content (AvgIpc) is 2.90. The zero-order valence-electron chi connectivity index (χ0n) is 10.8. The van der Waals surface area contributed by atoms with Crippen LogP contribution in [-0.2, 0) is 0 Å². The lowest BCUT2D eigenvalue weighted by Gasteiger charge is -2.04. The van der Waals surface area contributed by atoms with Gasteiger partial charge >= 0.3 is 0 Å². The maximum absolute atomic E-state index is 5.91. The maximum Gasteiger partial charge on any atom is 0.178 e. The second-order valence-corrected chi connectivity index (χ2v) is 4.13. The molecule has 0 atom stereocenters. The summed E-state index contributed by atoms with van der Waals surface area (Å²) in [6, 6.07) is 9.31. The van der Waals surface area contributed by atoms with Crippen molar-refractivity contribution in [1.29, 1.82) is 0 Å². The van der Waals surface area contributed by atoms with Crippen molar-refractivity contribution in [1.82, 2.24) is 15.4 Å². The smallest absolute Gasteiger partial charge is 0.178 e. The molecular weight excluding hydrogens is 256 g/mol. The van der Waals surface area contributed by atoms with Gasteiger partial charge in [-0.2, -0.15) is 10.2 Å². The van der Waals surface area contributed by atoms with Gasteiger partial charge in [-0.3, -0.25) is 0 Å². The van der Waals surface area contributed by atoms with Crippen LogP contribution in [0, 0.1) is 0 Å². The number of rotatable bonds is 3. The summed E-state index contributed by atoms with van der Waals surface area (Å²) in [7, 11) is 1.62. The van der Waals surface area contributed by atoms with Crippen LogP contribution in [0.15, 0.2) is 47.2 Å². The SMILES string of the molecule is COc1ccc(-c2c(N)noc2-c2ccnnc2)cc1. The van der Waals surface area contributed by atoms with E-state index in [0.29, 0.717) is 11.6 Å². The van der Waals surface area contributed by atoms with E-state index < -0.39 is 0 Å². The Morgan fingerprint density at radius 3 is 2.50 bits per heavy atom. The van der Waals surface area contributed by atoms with Crippen molar-refractivity contribution in [2.75, 3.05) is 12.8 Å². The van der Waals surface area contributed by atoms with Crippen molar-refractivity contribution in [2.45, 2.75) is 0 Å². The zero-order valence-corrected chi connectivity index (χ0v) is 10.8. The monoisotopic (exact) mass is 268 g/mol. The van der Waals surface area contributed by atoms with Crippen molar-refractivity contribution in [3.63, 3.8) is 0 Å². The number of methoxy groups -OCH3 is 1. The highest BCUT2D eigenvalue weighted by atomic mass is 16.5. The standard InChI is InChI=1S/C14H12N4O2/c1-19-11-4-2-9(3-5-11)12-13(20-18-14(12)15)10-6-7-16-17-8-10/h2-8H,1H3,(H2,15,18). The van der Waals surface area contributed by atoms with Crippen LogP contribution in [0.1, 0.15) is 0 Å². The Labute approximate surface area is 115 Å². The molecule has 6 nitrogen and oxygen atoms in total. The summed E-state index contributed by atoms with van der Waals surface area (Å²) in [5.74, 6) is 1.68. The fourth-order valence-electron chi connectivity index (χ4n) is 1.96. The predicted octanol–water partition coefficient (Wildman–Crippen LogP) is 2.39. The van der Waals surface area contributed by atoms with E-state index in [1.165, 1.54) is 0 Å². The quantitative estimate of drug-likeness (QED) is 0.784. The number of ether oxygens (including phenoxy) is 1. The third kappa shape index (κ3) is 2.07. The molecule has 3 rings (SSSR count). The first-order chi connectivity index (χ1) is 9.79. The van der Waals surface area contributed by atoms with Crippen LogP contribution in [-0.4, -0.2) is 22.5 Å². The largest absolute Gasteiger partial charge is 0.497 e. The second kappa shape index (κ2) is 5.00. The molecule has 20 heavy (non-hydrogen) atoms. The summed E-state index contributed by atoms with van der Waals surface area (Å²) < 4.78 is 10.5. The molecule has 0 spiro atoms. The molecule has 2 N–H and O–H groups in total. The van der Waals surface area contributed by atoms with Crippen molar-refractivity contribution >= 4 is 5.82 Å². The van der Waals surface area contributed by atoms with Crippen molar-refractivity contribution in [3.8, 4) is 28.2 Å². The van der Waals surface area contributed by atoms with Crippen LogP contribution in [0.4, 0.5) is 5.82 Å². The molecule has 0 amide bonds. The summed E-state index contributed by atoms with van der Waals surface area (Å²) >= 11 is 0. The minimum absolute atomic E-state index is 0.335. The van der Waals surface area contributed by atoms with Gasteiger partial charge in [0.1, 0.15) is 5.75 Å². The van der Waals surface area contributed by atoms with Crippen LogP contribution in [0.25, 0.3) is 22.5 Å². The molecule has 0 radical (unpaired) electrons. The second-order valence-electron chi connectivity index (χ2n) is 4.13. The summed E-state index contributed by atoms with van der Waals surface area (Å²) in [5.41, 5.74) is 8.32. The van der Waals surface area contributed by atoms with Crippen LogP contribution >= 0.6 is 0 Å². The predicted molar refractivity (Wildman–Crippen MR) is 73.9 cm³/mol. The average molecular weight is 268 g/mol. The van der Waals surface area contributed by atoms with Gasteiger partial charge in [-0.15, -0.1) is 0 Å². The van der Waals surface area contributed by atoms with E-state index in [9.17, 15) is 0 Å². The Morgan fingerprint density at radius 2 is 1.85 bits per heavy atom. The van der Waals surface area contributed by atoms with Gasteiger partial charge in [0.05, 0.1) is 25.1 Å². The van der Waals surface area contributed by atoms with Gasteiger partial charge < -0.3 is 15.0 Å². The first kappa shape index (κ1) is 12.2. The number of hydrogen-bond acceptors (Lipinski definition) is 6. The first-order valence-corrected chi connectivity index (χ1v) is 5.96. The fourth-order valence-corrected chi connectivity index (χ4v) is 1.96. The van der Waals surface area contributed by atoms with Crippen molar-refractivity contribution < 1.29 is 9.26 Å². The fraction of sp³-hybridized carbons (Fsp3) is 0.0714. The van der Waals surface area contributed by atoms with Crippen LogP contribution in [0.3, 0.4) is 0 Å². The van der Waals surface area contributed by atoms with Gasteiger partial charge in [-0.25, -0.2) is 0 Å². The molecule has 2 aromatic heterocycles. The molecule has 0 aliphatic rings. The molecule has 0 bridgehead atoms. The molecular formula is C14H12N4O2. The van der Waals surface area contributed by atoms with Gasteiger partial charge in [-0.1, -0.05) is 17.3 Å². The third-order valence-corrected chi connectivity index (χ3v) is 2.94. The number of nitrogens with two attached hydrogens (primary N) is 1. The normalized spacial score (nSPS) is 10.4. The first-order valence-electron chi connectivity index (χ1n) is 5.96. The topological polar surface area (TPSA) is 87.1 Å². The number of anilines is 1. The lowest BCUT2D eigenvalue weighted by molar-refractivity contribution is 0.415. The Hall–Kier alpha value is -2.89. The van der Waals surface area contributed by atoms with Gasteiger partial charge in [0.25, 0.3) is 0 Å². The number of nitrogens with zero attached hydrogens (tertiary/aromatic N) is 3. The molecule has 0 fully saturated rings. The Bertz CT molecular complexity index is 708.